The van der Waals surface area contributed by atoms with Crippen LogP contribution in [0.5, 0.6) is 11.8 Å². The summed E-state index contributed by atoms with van der Waals surface area (Å²) < 4.78 is 80.3. The summed E-state index contributed by atoms with van der Waals surface area (Å²) in [6.07, 6.45) is 1.29. The molecule has 5 aromatic rings. The largest absolute Gasteiger partial charge is 2.00 e. The molecular weight excluding hydrogens is 873 g/mol. The van der Waals surface area contributed by atoms with Crippen molar-refractivity contribution in [1.29, 1.82) is 5.26 Å². The number of carbonyl (C=O) groups is 1. The number of nitriles is 1. The Bertz CT molecular complexity index is 2600. The van der Waals surface area contributed by atoms with Gasteiger partial charge in [0.05, 0.1) is 23.2 Å². The number of hydrogen-bond acceptors (Lipinski definition) is 11. The van der Waals surface area contributed by atoms with E-state index in [1.807, 2.05) is 37.3 Å². The summed E-state index contributed by atoms with van der Waals surface area (Å²) in [7, 11) is 0. The van der Waals surface area contributed by atoms with Crippen LogP contribution >= 0.6 is 0 Å². The van der Waals surface area contributed by atoms with E-state index in [0.29, 0.717) is 24.9 Å². The second kappa shape index (κ2) is 18.5. The molecule has 4 aliphatic heterocycles. The summed E-state index contributed by atoms with van der Waals surface area (Å²) >= 11 is 0. The molecule has 4 aliphatic rings. The fraction of sp³-hybridized carbons (Fsp3) is 0.426. The molecular formula is C47H45F4MnN7O5. The summed E-state index contributed by atoms with van der Waals surface area (Å²) in [5.74, 6) is -0.425. The van der Waals surface area contributed by atoms with Crippen molar-refractivity contribution < 1.29 is 58.4 Å². The minimum absolute atomic E-state index is 0. The summed E-state index contributed by atoms with van der Waals surface area (Å²) in [5, 5.41) is 11.1. The van der Waals surface area contributed by atoms with E-state index in [0.717, 1.165) is 30.9 Å². The van der Waals surface area contributed by atoms with Crippen molar-refractivity contribution in [3.05, 3.63) is 89.5 Å². The van der Waals surface area contributed by atoms with Crippen molar-refractivity contribution in [3.8, 4) is 29.1 Å². The molecule has 4 atom stereocenters. The monoisotopic (exact) mass is 918 g/mol. The van der Waals surface area contributed by atoms with Gasteiger partial charge < -0.3 is 28.8 Å². The van der Waals surface area contributed by atoms with Gasteiger partial charge in [-0.1, -0.05) is 42.9 Å². The number of pyridine rings is 1. The van der Waals surface area contributed by atoms with Gasteiger partial charge in [0, 0.05) is 51.0 Å². The van der Waals surface area contributed by atoms with Crippen molar-refractivity contribution in [3.63, 3.8) is 0 Å². The maximum atomic E-state index is 17.6. The molecule has 64 heavy (non-hydrogen) atoms. The van der Waals surface area contributed by atoms with E-state index in [-0.39, 0.29) is 126 Å². The third kappa shape index (κ3) is 8.55. The Morgan fingerprint density at radius 1 is 1.06 bits per heavy atom. The number of ether oxygens (including phenoxy) is 3. The number of fused-ring (bicyclic) bond motifs is 3. The smallest absolute Gasteiger partial charge is 0.653 e. The maximum Gasteiger partial charge on any atom is 2.00 e. The van der Waals surface area contributed by atoms with Gasteiger partial charge in [-0.05, 0) is 78.7 Å². The topological polar surface area (TPSA) is 134 Å². The number of aromatic nitrogens is 3. The van der Waals surface area contributed by atoms with Gasteiger partial charge in [-0.3, -0.25) is 15.8 Å². The Hall–Kier alpha value is -5.56. The number of likely N-dealkylation sites (tertiary alicyclic amines) is 1. The van der Waals surface area contributed by atoms with Crippen molar-refractivity contribution in [2.75, 3.05) is 57.4 Å². The molecule has 4 fully saturated rings. The number of anilines is 1. The first-order valence-corrected chi connectivity index (χ1v) is 21.3. The molecule has 0 saturated carbocycles. The number of hydrogen-bond donors (Lipinski definition) is 0. The summed E-state index contributed by atoms with van der Waals surface area (Å²) in [4.78, 5) is 43.7. The third-order valence-corrected chi connectivity index (χ3v) is 13.0. The molecule has 9 rings (SSSR count). The predicted molar refractivity (Wildman–Crippen MR) is 225 cm³/mol. The van der Waals surface area contributed by atoms with E-state index in [1.54, 1.807) is 11.0 Å². The van der Waals surface area contributed by atoms with E-state index in [2.05, 4.69) is 20.9 Å². The van der Waals surface area contributed by atoms with Crippen LogP contribution in [-0.2, 0) is 38.4 Å². The van der Waals surface area contributed by atoms with Gasteiger partial charge >= 0.3 is 29.2 Å². The molecule has 0 N–H and O–H groups in total. The second-order valence-electron chi connectivity index (χ2n) is 17.2. The molecule has 0 spiro atoms. The average Bonchev–Trinajstić information content (AvgIpc) is 3.98. The van der Waals surface area contributed by atoms with Crippen molar-refractivity contribution in [2.24, 2.45) is 0 Å². The molecule has 333 valence electrons. The van der Waals surface area contributed by atoms with Gasteiger partial charge in [0.1, 0.15) is 46.8 Å². The van der Waals surface area contributed by atoms with Gasteiger partial charge in [-0.25, -0.2) is 22.4 Å². The predicted octanol–water partition coefficient (Wildman–Crippen LogP) is 7.90. The second-order valence-corrected chi connectivity index (χ2v) is 17.2. The van der Waals surface area contributed by atoms with Crippen LogP contribution in [0.2, 0.25) is 0 Å². The van der Waals surface area contributed by atoms with Crippen LogP contribution in [0.25, 0.3) is 32.9 Å². The van der Waals surface area contributed by atoms with Crippen LogP contribution in [0.3, 0.4) is 0 Å². The Labute approximate surface area is 378 Å². The molecule has 3 aromatic carbocycles. The number of halogens is 4. The van der Waals surface area contributed by atoms with E-state index >= 15 is 13.2 Å². The third-order valence-electron chi connectivity index (χ3n) is 13.0. The molecule has 1 amide bonds. The van der Waals surface area contributed by atoms with Crippen LogP contribution in [0.1, 0.15) is 56.6 Å². The molecule has 0 aliphatic carbocycles. The van der Waals surface area contributed by atoms with Crippen LogP contribution in [-0.4, -0.2) is 108 Å². The number of amides is 1. The molecule has 17 heteroatoms. The van der Waals surface area contributed by atoms with E-state index in [1.165, 1.54) is 35.8 Å². The van der Waals surface area contributed by atoms with E-state index < -0.39 is 41.0 Å². The van der Waals surface area contributed by atoms with E-state index in [4.69, 9.17) is 19.2 Å². The Morgan fingerprint density at radius 3 is 2.67 bits per heavy atom. The van der Waals surface area contributed by atoms with Gasteiger partial charge in [0.25, 0.3) is 0 Å². The number of aryl methyl sites for hydroxylation is 1. The van der Waals surface area contributed by atoms with Gasteiger partial charge in [0.2, 0.25) is 0 Å². The summed E-state index contributed by atoms with van der Waals surface area (Å²) in [6.45, 7) is 4.93. The average molecular weight is 919 g/mol. The molecule has 12 nitrogen and oxygen atoms in total. The van der Waals surface area contributed by atoms with Crippen LogP contribution in [0.15, 0.2) is 60.8 Å². The maximum absolute atomic E-state index is 17.6. The molecule has 1 radical (unpaired) electrons. The standard InChI is InChI=1S/C47H45F4N7O5.Mn/c1-29-17-32(48)23-57(22-29)43-37-21-53-41(40(51)42(37)54-44(55-43)62-27-47-12-6-14-58(47)24-33(49)20-47)36-19-34(18-30-10-11-38(50)35(39(30)36)9-5-16-61-28-59)63-45(60)56-15-13-46(25-52,26-56)31-7-3-2-4-8-31;/h2-4,7-8,10-11,18-19,21,32-33H,5-6,9,12-17,20,22-24,26-27H2,1H3;/q-2;+2/t32-,33-,46?,47+;/m1./s1. The zero-order valence-electron chi connectivity index (χ0n) is 35.1. The molecule has 1 unspecified atom stereocenters. The van der Waals surface area contributed by atoms with Crippen molar-refractivity contribution >= 4 is 40.1 Å². The number of carbonyl (C=O) groups excluding carboxylic acids is 2. The molecule has 2 aromatic heterocycles. The summed E-state index contributed by atoms with van der Waals surface area (Å²) in [6, 6.07) is 17.2. The zero-order chi connectivity index (χ0) is 43.9. The number of nitrogens with zero attached hydrogens (tertiary/aromatic N) is 7. The Kier molecular flexibility index (Phi) is 13.0. The zero-order valence-corrected chi connectivity index (χ0v) is 36.3. The van der Waals surface area contributed by atoms with Crippen molar-refractivity contribution in [1.82, 2.24) is 24.8 Å². The quantitative estimate of drug-likeness (QED) is 0.0524. The van der Waals surface area contributed by atoms with Gasteiger partial charge in [-0.15, -0.1) is 13.0 Å². The van der Waals surface area contributed by atoms with Gasteiger partial charge in [0.15, 0.2) is 5.82 Å². The number of benzene rings is 3. The molecule has 0 bridgehead atoms. The van der Waals surface area contributed by atoms with Crippen LogP contribution < -0.4 is 14.4 Å². The fourth-order valence-electron chi connectivity index (χ4n) is 10.1. The summed E-state index contributed by atoms with van der Waals surface area (Å²) in [5.41, 5.74) is -0.890. The molecule has 4 saturated heterocycles. The van der Waals surface area contributed by atoms with E-state index in [9.17, 15) is 19.2 Å². The molecule has 6 heterocycles. The first kappa shape index (κ1) is 45.0. The fourth-order valence-corrected chi connectivity index (χ4v) is 10.1. The number of rotatable bonds is 12. The Balaban J connectivity index is 0.00000560. The first-order chi connectivity index (χ1) is 30.5. The minimum Gasteiger partial charge on any atom is -0.653 e. The van der Waals surface area contributed by atoms with Gasteiger partial charge in [-0.2, -0.15) is 22.2 Å². The number of alkyl halides is 2. The Morgan fingerprint density at radius 2 is 1.89 bits per heavy atom. The normalized spacial score (nSPS) is 23.5. The van der Waals surface area contributed by atoms with Crippen LogP contribution in [0, 0.1) is 28.9 Å². The minimum atomic E-state index is -1.20. The number of piperidine rings is 1. The van der Waals surface area contributed by atoms with Crippen LogP contribution in [0.4, 0.5) is 28.2 Å². The first-order valence-electron chi connectivity index (χ1n) is 21.3. The van der Waals surface area contributed by atoms with Crippen molar-refractivity contribution in [2.45, 2.75) is 75.2 Å². The SMILES string of the molecule is C[C-]1C[C@@H](F)CN(c2nc(OC[C@@]34CCCN3C[C@H](F)C4)nc3c(F)c(-c4cc(OC(=O)N5CCC(C#N)(c6ccccc6)C5)cc5ccc(F)c(CCCO[C-]=O)c45)ncc23)C1.[Mn+2].